The predicted molar refractivity (Wildman–Crippen MR) is 149 cm³/mol. The molecule has 5 nitrogen and oxygen atoms in total. The van der Waals surface area contributed by atoms with Crippen LogP contribution in [0.25, 0.3) is 16.6 Å². The van der Waals surface area contributed by atoms with E-state index in [-0.39, 0.29) is 23.4 Å². The number of amides is 1. The lowest BCUT2D eigenvalue weighted by Crippen LogP contribution is -2.41. The smallest absolute Gasteiger partial charge is 0.266 e. The van der Waals surface area contributed by atoms with Crippen molar-refractivity contribution in [2.45, 2.75) is 58.4 Å². The molecule has 190 valence electrons. The number of aryl methyl sites for hydroxylation is 1. The van der Waals surface area contributed by atoms with Gasteiger partial charge in [0.15, 0.2) is 0 Å². The van der Waals surface area contributed by atoms with Crippen LogP contribution in [0.4, 0.5) is 0 Å². The number of para-hydroxylation sites is 1. The van der Waals surface area contributed by atoms with E-state index in [1.807, 2.05) is 66.4 Å². The Balaban J connectivity index is 1.61. The Morgan fingerprint density at radius 1 is 0.946 bits per heavy atom. The predicted octanol–water partition coefficient (Wildman–Crippen LogP) is 6.27. The zero-order valence-electron chi connectivity index (χ0n) is 21.8. The summed E-state index contributed by atoms with van der Waals surface area (Å²) in [7, 11) is 0. The van der Waals surface area contributed by atoms with Crippen LogP contribution in [-0.4, -0.2) is 26.9 Å². The first kappa shape index (κ1) is 24.9. The average molecular weight is 494 g/mol. The van der Waals surface area contributed by atoms with E-state index in [2.05, 4.69) is 31.2 Å². The first-order valence-electron chi connectivity index (χ1n) is 13.5. The van der Waals surface area contributed by atoms with Crippen molar-refractivity contribution in [2.24, 2.45) is 5.92 Å². The second-order valence-corrected chi connectivity index (χ2v) is 10.1. The Hall–Kier alpha value is -3.73. The maximum Gasteiger partial charge on any atom is 0.266 e. The maximum absolute atomic E-state index is 13.9. The quantitative estimate of drug-likeness (QED) is 0.291. The molecule has 3 aromatic carbocycles. The Kier molecular flexibility index (Phi) is 7.50. The number of carbonyl (C=O) groups excluding carboxylic acids is 1. The highest BCUT2D eigenvalue weighted by Gasteiger charge is 2.32. The second-order valence-electron chi connectivity index (χ2n) is 10.1. The van der Waals surface area contributed by atoms with Crippen LogP contribution in [0, 0.1) is 5.92 Å². The molecule has 0 aliphatic heterocycles. The molecule has 37 heavy (non-hydrogen) atoms. The number of rotatable bonds is 8. The summed E-state index contributed by atoms with van der Waals surface area (Å²) in [5.74, 6) is 0.825. The van der Waals surface area contributed by atoms with Gasteiger partial charge in [-0.1, -0.05) is 74.4 Å². The van der Waals surface area contributed by atoms with Crippen LogP contribution in [-0.2, 0) is 17.6 Å². The van der Waals surface area contributed by atoms with Crippen molar-refractivity contribution >= 4 is 16.8 Å². The highest BCUT2D eigenvalue weighted by Crippen LogP contribution is 2.31. The van der Waals surface area contributed by atoms with E-state index in [1.165, 1.54) is 11.1 Å². The molecule has 1 saturated carbocycles. The molecule has 1 aromatic heterocycles. The van der Waals surface area contributed by atoms with E-state index in [1.54, 1.807) is 4.57 Å². The third kappa shape index (κ3) is 5.22. The number of fused-ring (bicyclic) bond motifs is 1. The van der Waals surface area contributed by atoms with E-state index < -0.39 is 0 Å². The van der Waals surface area contributed by atoms with Gasteiger partial charge in [0.05, 0.1) is 22.6 Å². The topological polar surface area (TPSA) is 55.2 Å². The summed E-state index contributed by atoms with van der Waals surface area (Å²) in [4.78, 5) is 34.7. The number of benzene rings is 3. The van der Waals surface area contributed by atoms with Crippen LogP contribution < -0.4 is 5.56 Å². The minimum absolute atomic E-state index is 0.0442. The van der Waals surface area contributed by atoms with Crippen molar-refractivity contribution < 1.29 is 4.79 Å². The number of nitrogens with zero attached hydrogens (tertiary/aromatic N) is 3. The first-order chi connectivity index (χ1) is 18.1. The van der Waals surface area contributed by atoms with Gasteiger partial charge in [0.25, 0.3) is 5.56 Å². The van der Waals surface area contributed by atoms with Crippen LogP contribution in [0.3, 0.4) is 0 Å². The normalized spacial score (nSPS) is 14.6. The minimum atomic E-state index is -0.361. The molecule has 1 unspecified atom stereocenters. The van der Waals surface area contributed by atoms with Crippen molar-refractivity contribution in [1.29, 1.82) is 0 Å². The molecule has 1 heterocycles. The molecule has 0 N–H and O–H groups in total. The SMILES string of the molecule is CCc1ccc(-n2c(C(C)N(CCc3ccccc3)C(=O)C3CCCC3)nc3ccccc3c2=O)cc1. The fraction of sp³-hybridized carbons (Fsp3) is 0.344. The number of hydrogen-bond donors (Lipinski definition) is 0. The van der Waals surface area contributed by atoms with Gasteiger partial charge in [0, 0.05) is 12.5 Å². The summed E-state index contributed by atoms with van der Waals surface area (Å²) in [6, 6.07) is 25.5. The van der Waals surface area contributed by atoms with Crippen molar-refractivity contribution in [3.63, 3.8) is 0 Å². The minimum Gasteiger partial charge on any atom is -0.332 e. The molecule has 1 amide bonds. The van der Waals surface area contributed by atoms with Gasteiger partial charge in [0.1, 0.15) is 5.82 Å². The lowest BCUT2D eigenvalue weighted by Gasteiger charge is -2.32. The summed E-state index contributed by atoms with van der Waals surface area (Å²) >= 11 is 0. The monoisotopic (exact) mass is 493 g/mol. The van der Waals surface area contributed by atoms with E-state index in [9.17, 15) is 9.59 Å². The lowest BCUT2D eigenvalue weighted by atomic mass is 10.0. The van der Waals surface area contributed by atoms with Crippen molar-refractivity contribution in [1.82, 2.24) is 14.5 Å². The molecular formula is C32H35N3O2. The van der Waals surface area contributed by atoms with Gasteiger partial charge < -0.3 is 4.90 Å². The summed E-state index contributed by atoms with van der Waals surface area (Å²) in [6.07, 6.45) is 5.75. The van der Waals surface area contributed by atoms with Gasteiger partial charge in [-0.05, 0) is 68.0 Å². The fourth-order valence-electron chi connectivity index (χ4n) is 5.50. The average Bonchev–Trinajstić information content (AvgIpc) is 3.49. The van der Waals surface area contributed by atoms with Gasteiger partial charge in [-0.2, -0.15) is 0 Å². The van der Waals surface area contributed by atoms with E-state index in [0.717, 1.165) is 44.2 Å². The Morgan fingerprint density at radius 2 is 1.62 bits per heavy atom. The second kappa shape index (κ2) is 11.1. The Bertz CT molecular complexity index is 1420. The van der Waals surface area contributed by atoms with E-state index in [0.29, 0.717) is 23.3 Å². The molecule has 0 spiro atoms. The molecule has 4 aromatic rings. The summed E-state index contributed by atoms with van der Waals surface area (Å²) in [5, 5.41) is 0.580. The molecule has 5 rings (SSSR count). The van der Waals surface area contributed by atoms with Gasteiger partial charge in [0.2, 0.25) is 5.91 Å². The molecule has 1 atom stereocenters. The molecule has 0 radical (unpaired) electrons. The number of hydrogen-bond acceptors (Lipinski definition) is 3. The van der Waals surface area contributed by atoms with Gasteiger partial charge in [-0.15, -0.1) is 0 Å². The number of aromatic nitrogens is 2. The third-order valence-corrected chi connectivity index (χ3v) is 7.72. The van der Waals surface area contributed by atoms with Crippen LogP contribution >= 0.6 is 0 Å². The van der Waals surface area contributed by atoms with Crippen LogP contribution in [0.1, 0.15) is 62.5 Å². The summed E-state index contributed by atoms with van der Waals surface area (Å²) in [6.45, 7) is 4.72. The maximum atomic E-state index is 13.9. The van der Waals surface area contributed by atoms with E-state index >= 15 is 0 Å². The zero-order valence-corrected chi connectivity index (χ0v) is 21.8. The van der Waals surface area contributed by atoms with Crippen LogP contribution in [0.2, 0.25) is 0 Å². The highest BCUT2D eigenvalue weighted by atomic mass is 16.2. The highest BCUT2D eigenvalue weighted by molar-refractivity contribution is 5.80. The molecule has 0 bridgehead atoms. The van der Waals surface area contributed by atoms with Crippen molar-refractivity contribution in [3.05, 3.63) is 106 Å². The summed E-state index contributed by atoms with van der Waals surface area (Å²) in [5.41, 5.74) is 3.73. The molecular weight excluding hydrogens is 458 g/mol. The van der Waals surface area contributed by atoms with Gasteiger partial charge >= 0.3 is 0 Å². The van der Waals surface area contributed by atoms with Crippen LogP contribution in [0.5, 0.6) is 0 Å². The fourth-order valence-corrected chi connectivity index (χ4v) is 5.50. The van der Waals surface area contributed by atoms with Crippen LogP contribution in [0.15, 0.2) is 83.7 Å². The molecule has 0 saturated heterocycles. The molecule has 5 heteroatoms. The largest absolute Gasteiger partial charge is 0.332 e. The third-order valence-electron chi connectivity index (χ3n) is 7.72. The number of carbonyl (C=O) groups is 1. The van der Waals surface area contributed by atoms with Gasteiger partial charge in [-0.3, -0.25) is 14.2 Å². The summed E-state index contributed by atoms with van der Waals surface area (Å²) < 4.78 is 1.71. The zero-order chi connectivity index (χ0) is 25.8. The molecule has 1 fully saturated rings. The lowest BCUT2D eigenvalue weighted by molar-refractivity contribution is -0.137. The van der Waals surface area contributed by atoms with Gasteiger partial charge in [-0.25, -0.2) is 4.98 Å². The molecule has 1 aliphatic rings. The van der Waals surface area contributed by atoms with Crippen molar-refractivity contribution in [2.75, 3.05) is 6.54 Å². The molecule has 1 aliphatic carbocycles. The Labute approximate surface area is 218 Å². The van der Waals surface area contributed by atoms with E-state index in [4.69, 9.17) is 4.98 Å². The first-order valence-corrected chi connectivity index (χ1v) is 13.5. The van der Waals surface area contributed by atoms with Crippen molar-refractivity contribution in [3.8, 4) is 5.69 Å². The standard InChI is InChI=1S/C32H35N3O2/c1-3-24-17-19-27(20-18-24)35-30(33-29-16-10-9-15-28(29)32(35)37)23(2)34(31(36)26-13-7-8-14-26)22-21-25-11-5-4-6-12-25/h4-6,9-12,15-20,23,26H,3,7-8,13-14,21-22H2,1-2H3. The Morgan fingerprint density at radius 3 is 2.32 bits per heavy atom.